The molecule has 0 saturated carbocycles. The van der Waals surface area contributed by atoms with Gasteiger partial charge in [0.2, 0.25) is 0 Å². The van der Waals surface area contributed by atoms with E-state index in [1.807, 2.05) is 4.72 Å². The summed E-state index contributed by atoms with van der Waals surface area (Å²) in [5.41, 5.74) is -0.972. The van der Waals surface area contributed by atoms with Gasteiger partial charge in [-0.15, -0.1) is 13.2 Å². The number of hydrogen-bond donors (Lipinski definition) is 2. The molecule has 122 valence electrons. The number of carbonyl (C=O) groups is 1. The highest BCUT2D eigenvalue weighted by Crippen LogP contribution is 2.32. The third-order valence-electron chi connectivity index (χ3n) is 2.85. The zero-order valence-electron chi connectivity index (χ0n) is 10.9. The molecular formula is C11H11F3N2O5S. The summed E-state index contributed by atoms with van der Waals surface area (Å²) in [6.45, 7) is 0.479. The molecule has 2 N–H and O–H groups in total. The van der Waals surface area contributed by atoms with Crippen molar-refractivity contribution >= 4 is 21.9 Å². The van der Waals surface area contributed by atoms with Gasteiger partial charge in [-0.1, -0.05) is 0 Å². The van der Waals surface area contributed by atoms with E-state index in [0.29, 0.717) is 6.42 Å². The second kappa shape index (κ2) is 5.65. The third-order valence-corrected chi connectivity index (χ3v) is 4.37. The first-order valence-corrected chi connectivity index (χ1v) is 7.43. The van der Waals surface area contributed by atoms with Crippen molar-refractivity contribution in [2.45, 2.75) is 12.8 Å². The number of hydrogen-bond acceptors (Lipinski definition) is 4. The SMILES string of the molecule is O=C(O)c1ccc(OC(F)(F)F)c(NS(=O)(=O)N2CCC2)c1. The molecule has 7 nitrogen and oxygen atoms in total. The second-order valence-corrected chi connectivity index (χ2v) is 6.09. The van der Waals surface area contributed by atoms with Crippen LogP contribution in [0.5, 0.6) is 5.75 Å². The molecule has 0 radical (unpaired) electrons. The van der Waals surface area contributed by atoms with Crippen LogP contribution in [-0.2, 0) is 10.2 Å². The van der Waals surface area contributed by atoms with Crippen molar-refractivity contribution in [2.75, 3.05) is 17.8 Å². The molecular weight excluding hydrogens is 329 g/mol. The Morgan fingerprint density at radius 2 is 1.95 bits per heavy atom. The fourth-order valence-electron chi connectivity index (χ4n) is 1.69. The number of anilines is 1. The van der Waals surface area contributed by atoms with Crippen LogP contribution in [0.4, 0.5) is 18.9 Å². The smallest absolute Gasteiger partial charge is 0.478 e. The van der Waals surface area contributed by atoms with Crippen molar-refractivity contribution < 1.29 is 36.2 Å². The predicted octanol–water partition coefficient (Wildman–Crippen LogP) is 1.65. The Kier molecular flexibility index (Phi) is 4.20. The minimum Gasteiger partial charge on any atom is -0.478 e. The largest absolute Gasteiger partial charge is 0.573 e. The molecule has 1 aromatic carbocycles. The van der Waals surface area contributed by atoms with E-state index in [4.69, 9.17) is 5.11 Å². The van der Waals surface area contributed by atoms with E-state index in [-0.39, 0.29) is 18.7 Å². The highest BCUT2D eigenvalue weighted by molar-refractivity contribution is 7.90. The van der Waals surface area contributed by atoms with E-state index in [0.717, 1.165) is 22.5 Å². The first-order valence-electron chi connectivity index (χ1n) is 5.99. The summed E-state index contributed by atoms with van der Waals surface area (Å²) in [6, 6.07) is 2.39. The summed E-state index contributed by atoms with van der Waals surface area (Å²) in [5, 5.41) is 8.85. The molecule has 1 heterocycles. The van der Waals surface area contributed by atoms with Gasteiger partial charge in [-0.05, 0) is 24.6 Å². The van der Waals surface area contributed by atoms with Crippen molar-refractivity contribution in [2.24, 2.45) is 0 Å². The Balaban J connectivity index is 2.36. The normalized spacial score (nSPS) is 16.0. The van der Waals surface area contributed by atoms with E-state index in [2.05, 4.69) is 4.74 Å². The quantitative estimate of drug-likeness (QED) is 0.850. The van der Waals surface area contributed by atoms with Crippen molar-refractivity contribution in [1.82, 2.24) is 4.31 Å². The van der Waals surface area contributed by atoms with E-state index in [1.165, 1.54) is 0 Å². The second-order valence-electron chi connectivity index (χ2n) is 4.42. The summed E-state index contributed by atoms with van der Waals surface area (Å²) in [5.74, 6) is -2.25. The number of nitrogens with zero attached hydrogens (tertiary/aromatic N) is 1. The van der Waals surface area contributed by atoms with Crippen LogP contribution in [0.25, 0.3) is 0 Å². The van der Waals surface area contributed by atoms with Crippen LogP contribution in [0.15, 0.2) is 18.2 Å². The lowest BCUT2D eigenvalue weighted by Gasteiger charge is -2.30. The molecule has 0 bridgehead atoms. The zero-order valence-corrected chi connectivity index (χ0v) is 11.7. The summed E-state index contributed by atoms with van der Waals surface area (Å²) in [6.07, 6.45) is -4.40. The van der Waals surface area contributed by atoms with Crippen molar-refractivity contribution in [3.05, 3.63) is 23.8 Å². The third kappa shape index (κ3) is 3.80. The molecule has 2 rings (SSSR count). The standard InChI is InChI=1S/C11H11F3N2O5S/c12-11(13,14)21-9-3-2-7(10(17)18)6-8(9)15-22(19,20)16-4-1-5-16/h2-3,6,15H,1,4-5H2,(H,17,18). The van der Waals surface area contributed by atoms with Gasteiger partial charge in [0.25, 0.3) is 0 Å². The van der Waals surface area contributed by atoms with E-state index in [1.54, 1.807) is 0 Å². The van der Waals surface area contributed by atoms with Gasteiger partial charge in [0.05, 0.1) is 11.3 Å². The van der Waals surface area contributed by atoms with Gasteiger partial charge in [-0.2, -0.15) is 12.7 Å². The van der Waals surface area contributed by atoms with Gasteiger partial charge in [-0.3, -0.25) is 4.72 Å². The van der Waals surface area contributed by atoms with E-state index < -0.39 is 34.0 Å². The molecule has 1 aliphatic heterocycles. The number of alkyl halides is 3. The van der Waals surface area contributed by atoms with Crippen molar-refractivity contribution in [3.8, 4) is 5.75 Å². The molecule has 22 heavy (non-hydrogen) atoms. The lowest BCUT2D eigenvalue weighted by molar-refractivity contribution is -0.274. The Morgan fingerprint density at radius 3 is 2.41 bits per heavy atom. The lowest BCUT2D eigenvalue weighted by atomic mass is 10.2. The first-order chi connectivity index (χ1) is 10.1. The summed E-state index contributed by atoms with van der Waals surface area (Å²) in [7, 11) is -4.05. The average Bonchev–Trinajstić information content (AvgIpc) is 2.25. The number of carboxylic acid groups (broad SMARTS) is 1. The molecule has 1 aromatic rings. The maximum absolute atomic E-state index is 12.3. The number of benzene rings is 1. The molecule has 0 atom stereocenters. The van der Waals surface area contributed by atoms with Gasteiger partial charge < -0.3 is 9.84 Å². The summed E-state index contributed by atoms with van der Waals surface area (Å²) >= 11 is 0. The Morgan fingerprint density at radius 1 is 1.32 bits per heavy atom. The van der Waals surface area contributed by atoms with Gasteiger partial charge >= 0.3 is 22.5 Å². The van der Waals surface area contributed by atoms with E-state index in [9.17, 15) is 26.4 Å². The topological polar surface area (TPSA) is 95.9 Å². The molecule has 1 aliphatic rings. The maximum Gasteiger partial charge on any atom is 0.573 e. The zero-order chi connectivity index (χ0) is 16.5. The minimum absolute atomic E-state index is 0.239. The number of halogens is 3. The Hall–Kier alpha value is -2.01. The molecule has 0 aliphatic carbocycles. The highest BCUT2D eigenvalue weighted by atomic mass is 32.2. The fourth-order valence-corrected chi connectivity index (χ4v) is 2.99. The van der Waals surface area contributed by atoms with Gasteiger partial charge in [0.1, 0.15) is 0 Å². The molecule has 0 spiro atoms. The molecule has 11 heteroatoms. The summed E-state index contributed by atoms with van der Waals surface area (Å²) < 4.78 is 67.4. The van der Waals surface area contributed by atoms with Crippen LogP contribution in [0.2, 0.25) is 0 Å². The molecule has 0 aromatic heterocycles. The molecule has 0 amide bonds. The average molecular weight is 340 g/mol. The number of aromatic carboxylic acids is 1. The summed E-state index contributed by atoms with van der Waals surface area (Å²) in [4.78, 5) is 10.9. The van der Waals surface area contributed by atoms with Crippen molar-refractivity contribution in [1.29, 1.82) is 0 Å². The van der Waals surface area contributed by atoms with Gasteiger partial charge in [0.15, 0.2) is 5.75 Å². The molecule has 0 unspecified atom stereocenters. The van der Waals surface area contributed by atoms with Crippen LogP contribution in [-0.4, -0.2) is 43.3 Å². The van der Waals surface area contributed by atoms with Crippen LogP contribution in [0, 0.1) is 0 Å². The predicted molar refractivity (Wildman–Crippen MR) is 68.8 cm³/mol. The fraction of sp³-hybridized carbons (Fsp3) is 0.364. The lowest BCUT2D eigenvalue weighted by Crippen LogP contribution is -2.45. The van der Waals surface area contributed by atoms with Gasteiger partial charge in [0, 0.05) is 13.1 Å². The minimum atomic E-state index is -5.04. The Bertz CT molecular complexity index is 685. The number of carboxylic acids is 1. The van der Waals surface area contributed by atoms with Crippen molar-refractivity contribution in [3.63, 3.8) is 0 Å². The van der Waals surface area contributed by atoms with Crippen LogP contribution >= 0.6 is 0 Å². The van der Waals surface area contributed by atoms with Crippen LogP contribution in [0.1, 0.15) is 16.8 Å². The van der Waals surface area contributed by atoms with Crippen LogP contribution < -0.4 is 9.46 Å². The molecule has 1 saturated heterocycles. The number of nitrogens with one attached hydrogen (secondary N) is 1. The first kappa shape index (κ1) is 16.4. The molecule has 1 fully saturated rings. The Labute approximate surface area is 123 Å². The van der Waals surface area contributed by atoms with Crippen LogP contribution in [0.3, 0.4) is 0 Å². The maximum atomic E-state index is 12.3. The highest BCUT2D eigenvalue weighted by Gasteiger charge is 2.34. The van der Waals surface area contributed by atoms with E-state index >= 15 is 0 Å². The monoisotopic (exact) mass is 340 g/mol. The number of ether oxygens (including phenoxy) is 1. The van der Waals surface area contributed by atoms with Gasteiger partial charge in [-0.25, -0.2) is 4.79 Å². The number of rotatable bonds is 5.